The molecule has 31 heavy (non-hydrogen) atoms. The van der Waals surface area contributed by atoms with E-state index < -0.39 is 24.7 Å². The van der Waals surface area contributed by atoms with E-state index in [1.54, 1.807) is 12.4 Å². The summed E-state index contributed by atoms with van der Waals surface area (Å²) in [6.45, 7) is 1.28. The topological polar surface area (TPSA) is 126 Å². The van der Waals surface area contributed by atoms with Crippen molar-refractivity contribution in [2.45, 2.75) is 56.8 Å². The predicted octanol–water partition coefficient (Wildman–Crippen LogP) is 3.59. The Morgan fingerprint density at radius 3 is 2.52 bits per heavy atom. The highest BCUT2D eigenvalue weighted by molar-refractivity contribution is 5.67. The number of alkyl halides is 3. The summed E-state index contributed by atoms with van der Waals surface area (Å²) in [7, 11) is 0. The molecule has 0 saturated heterocycles. The molecule has 12 heteroatoms. The van der Waals surface area contributed by atoms with Gasteiger partial charge in [0.2, 0.25) is 11.8 Å². The van der Waals surface area contributed by atoms with E-state index in [0.29, 0.717) is 24.5 Å². The fraction of sp³-hybridized carbons (Fsp3) is 0.474. The molecule has 1 aliphatic carbocycles. The van der Waals surface area contributed by atoms with E-state index in [0.717, 1.165) is 12.0 Å². The number of hydrogen-bond acceptors (Lipinski definition) is 8. The summed E-state index contributed by atoms with van der Waals surface area (Å²) < 4.78 is 42.3. The number of ether oxygens (including phenoxy) is 1. The van der Waals surface area contributed by atoms with Crippen LogP contribution in [0.2, 0.25) is 0 Å². The summed E-state index contributed by atoms with van der Waals surface area (Å²) in [5, 5.41) is 13.8. The highest BCUT2D eigenvalue weighted by Crippen LogP contribution is 2.35. The molecule has 1 fully saturated rings. The first-order valence-corrected chi connectivity index (χ1v) is 9.57. The summed E-state index contributed by atoms with van der Waals surface area (Å²) in [6, 6.07) is 0.772. The van der Waals surface area contributed by atoms with Gasteiger partial charge in [0.1, 0.15) is 12.2 Å². The molecular formula is C19H20F3N7O2. The fourth-order valence-corrected chi connectivity index (χ4v) is 3.33. The van der Waals surface area contributed by atoms with Crippen LogP contribution in [-0.4, -0.2) is 44.4 Å². The number of halogens is 3. The Balaban J connectivity index is 1.48. The Bertz CT molecular complexity index is 930. The lowest BCUT2D eigenvalue weighted by atomic mass is 10.0. The molecule has 0 unspecified atom stereocenters. The van der Waals surface area contributed by atoms with Gasteiger partial charge in [-0.2, -0.15) is 18.4 Å². The van der Waals surface area contributed by atoms with E-state index in [2.05, 4.69) is 30.6 Å². The molecule has 3 rings (SSSR count). The SMILES string of the molecule is C[C@@H](CC(F)(F)F)NC(=O)O[C@@H]1CC[C@H](c2cnc(Nc3cnc(C#N)nc3)nc2)C1. The molecule has 0 bridgehead atoms. The second kappa shape index (κ2) is 9.55. The second-order valence-corrected chi connectivity index (χ2v) is 7.27. The van der Waals surface area contributed by atoms with Crippen LogP contribution in [0.5, 0.6) is 0 Å². The number of carbonyl (C=O) groups is 1. The minimum atomic E-state index is -4.35. The van der Waals surface area contributed by atoms with Crippen LogP contribution in [0, 0.1) is 11.3 Å². The molecule has 3 atom stereocenters. The maximum Gasteiger partial charge on any atom is 0.407 e. The van der Waals surface area contributed by atoms with E-state index in [-0.39, 0.29) is 17.8 Å². The molecule has 1 saturated carbocycles. The van der Waals surface area contributed by atoms with Gasteiger partial charge in [0.25, 0.3) is 0 Å². The Hall–Kier alpha value is -3.49. The largest absolute Gasteiger partial charge is 0.446 e. The van der Waals surface area contributed by atoms with Gasteiger partial charge in [0, 0.05) is 18.4 Å². The number of nitrogens with zero attached hydrogens (tertiary/aromatic N) is 5. The van der Waals surface area contributed by atoms with E-state index >= 15 is 0 Å². The number of alkyl carbamates (subject to hydrolysis) is 1. The van der Waals surface area contributed by atoms with Crippen LogP contribution in [0.15, 0.2) is 24.8 Å². The van der Waals surface area contributed by atoms with Crippen molar-refractivity contribution in [1.82, 2.24) is 25.3 Å². The zero-order valence-electron chi connectivity index (χ0n) is 16.6. The third-order valence-corrected chi connectivity index (χ3v) is 4.71. The number of nitriles is 1. The van der Waals surface area contributed by atoms with Gasteiger partial charge in [-0.3, -0.25) is 0 Å². The van der Waals surface area contributed by atoms with Gasteiger partial charge >= 0.3 is 12.3 Å². The van der Waals surface area contributed by atoms with Crippen LogP contribution in [0.1, 0.15) is 49.9 Å². The second-order valence-electron chi connectivity index (χ2n) is 7.27. The minimum Gasteiger partial charge on any atom is -0.446 e. The molecule has 0 spiro atoms. The van der Waals surface area contributed by atoms with Crippen LogP contribution in [0.3, 0.4) is 0 Å². The zero-order chi connectivity index (χ0) is 22.4. The molecule has 2 heterocycles. The Morgan fingerprint density at radius 1 is 1.23 bits per heavy atom. The monoisotopic (exact) mass is 435 g/mol. The summed E-state index contributed by atoms with van der Waals surface area (Å²) in [5.41, 5.74) is 1.41. The van der Waals surface area contributed by atoms with Gasteiger partial charge < -0.3 is 15.4 Å². The van der Waals surface area contributed by atoms with Crippen molar-refractivity contribution >= 4 is 17.7 Å². The molecule has 0 radical (unpaired) electrons. The predicted molar refractivity (Wildman–Crippen MR) is 102 cm³/mol. The van der Waals surface area contributed by atoms with Crippen molar-refractivity contribution in [3.05, 3.63) is 36.2 Å². The molecule has 9 nitrogen and oxygen atoms in total. The smallest absolute Gasteiger partial charge is 0.407 e. The lowest BCUT2D eigenvalue weighted by Gasteiger charge is -2.18. The minimum absolute atomic E-state index is 0.0586. The number of rotatable bonds is 6. The van der Waals surface area contributed by atoms with Crippen LogP contribution in [-0.2, 0) is 4.74 Å². The van der Waals surface area contributed by atoms with Gasteiger partial charge in [0.05, 0.1) is 24.5 Å². The third-order valence-electron chi connectivity index (χ3n) is 4.71. The number of carbonyl (C=O) groups excluding carboxylic acids is 1. The van der Waals surface area contributed by atoms with Gasteiger partial charge in [-0.25, -0.2) is 24.7 Å². The number of amides is 1. The normalized spacial score (nSPS) is 19.3. The Labute approximate surface area is 176 Å². The number of nitrogens with one attached hydrogen (secondary N) is 2. The van der Waals surface area contributed by atoms with Crippen molar-refractivity contribution < 1.29 is 22.7 Å². The summed E-state index contributed by atoms with van der Waals surface area (Å²) in [4.78, 5) is 28.0. The molecule has 164 valence electrons. The molecule has 1 amide bonds. The first-order chi connectivity index (χ1) is 14.7. The number of aromatic nitrogens is 4. The average Bonchev–Trinajstić information content (AvgIpc) is 3.16. The van der Waals surface area contributed by atoms with Crippen LogP contribution in [0.4, 0.5) is 29.6 Å². The van der Waals surface area contributed by atoms with Crippen LogP contribution in [0.25, 0.3) is 0 Å². The quantitative estimate of drug-likeness (QED) is 0.705. The van der Waals surface area contributed by atoms with Gasteiger partial charge in [0.15, 0.2) is 0 Å². The Kier molecular flexibility index (Phi) is 6.84. The summed E-state index contributed by atoms with van der Waals surface area (Å²) in [6.07, 6.45) is 1.44. The van der Waals surface area contributed by atoms with Crippen molar-refractivity contribution in [1.29, 1.82) is 5.26 Å². The number of anilines is 2. The average molecular weight is 435 g/mol. The van der Waals surface area contributed by atoms with E-state index in [1.807, 2.05) is 6.07 Å². The summed E-state index contributed by atoms with van der Waals surface area (Å²) in [5.74, 6) is 0.474. The lowest BCUT2D eigenvalue weighted by Crippen LogP contribution is -2.37. The van der Waals surface area contributed by atoms with Gasteiger partial charge in [-0.05, 0) is 37.7 Å². The van der Waals surface area contributed by atoms with E-state index in [1.165, 1.54) is 19.3 Å². The molecular weight excluding hydrogens is 415 g/mol. The first-order valence-electron chi connectivity index (χ1n) is 9.57. The number of hydrogen-bond donors (Lipinski definition) is 2. The highest BCUT2D eigenvalue weighted by Gasteiger charge is 2.32. The zero-order valence-corrected chi connectivity index (χ0v) is 16.6. The van der Waals surface area contributed by atoms with Crippen LogP contribution < -0.4 is 10.6 Å². The molecule has 2 aromatic rings. The van der Waals surface area contributed by atoms with Crippen molar-refractivity contribution in [3.8, 4) is 6.07 Å². The molecule has 2 N–H and O–H groups in total. The van der Waals surface area contributed by atoms with Crippen molar-refractivity contribution in [2.75, 3.05) is 5.32 Å². The standard InChI is InChI=1S/C19H20F3N7O2/c1-11(5-19(20,21)22)28-18(30)31-15-3-2-12(4-15)13-7-26-17(27-8-13)29-14-9-24-16(6-23)25-10-14/h7-12,15H,2-5H2,1H3,(H,28,30)(H,26,27,29)/t11-,12-,15+/m0/s1. The van der Waals surface area contributed by atoms with Gasteiger partial charge in [-0.1, -0.05) is 0 Å². The molecule has 0 aliphatic heterocycles. The van der Waals surface area contributed by atoms with E-state index in [4.69, 9.17) is 10.00 Å². The summed E-state index contributed by atoms with van der Waals surface area (Å²) >= 11 is 0. The molecule has 1 aliphatic rings. The highest BCUT2D eigenvalue weighted by atomic mass is 19.4. The lowest BCUT2D eigenvalue weighted by molar-refractivity contribution is -0.138. The van der Waals surface area contributed by atoms with Crippen molar-refractivity contribution in [2.24, 2.45) is 0 Å². The van der Waals surface area contributed by atoms with Crippen molar-refractivity contribution in [3.63, 3.8) is 0 Å². The first kappa shape index (κ1) is 22.2. The third kappa shape index (κ3) is 6.77. The van der Waals surface area contributed by atoms with Gasteiger partial charge in [-0.15, -0.1) is 0 Å². The maximum atomic E-state index is 12.4. The molecule has 2 aromatic heterocycles. The van der Waals surface area contributed by atoms with E-state index in [9.17, 15) is 18.0 Å². The van der Waals surface area contributed by atoms with Crippen LogP contribution >= 0.6 is 0 Å². The molecule has 0 aromatic carbocycles. The Morgan fingerprint density at radius 2 is 1.90 bits per heavy atom. The maximum absolute atomic E-state index is 12.4. The fourth-order valence-electron chi connectivity index (χ4n) is 3.33.